The topological polar surface area (TPSA) is 72.2 Å². The molecule has 0 aliphatic heterocycles. The predicted molar refractivity (Wildman–Crippen MR) is 60.1 cm³/mol. The summed E-state index contributed by atoms with van der Waals surface area (Å²) in [5.74, 6) is 0. The molecule has 1 aliphatic carbocycles. The Labute approximate surface area is 92.1 Å². The number of hydrogen-bond acceptors (Lipinski definition) is 3. The second-order valence-electron chi connectivity index (χ2n) is 3.80. The van der Waals surface area contributed by atoms with E-state index >= 15 is 0 Å². The van der Waals surface area contributed by atoms with Gasteiger partial charge >= 0.3 is 0 Å². The zero-order valence-corrected chi connectivity index (χ0v) is 10.0. The first-order valence-corrected chi connectivity index (χ1v) is 6.61. The van der Waals surface area contributed by atoms with Crippen molar-refractivity contribution in [3.8, 4) is 0 Å². The van der Waals surface area contributed by atoms with Crippen LogP contribution in [-0.2, 0) is 10.0 Å². The normalized spacial score (nSPS) is 29.0. The molecule has 0 heterocycles. The summed E-state index contributed by atoms with van der Waals surface area (Å²) in [6.07, 6.45) is 6.33. The summed E-state index contributed by atoms with van der Waals surface area (Å²) in [5, 5.41) is 0. The van der Waals surface area contributed by atoms with Gasteiger partial charge in [0.15, 0.2) is 0 Å². The molecule has 0 spiro atoms. The first-order valence-electron chi connectivity index (χ1n) is 4.72. The summed E-state index contributed by atoms with van der Waals surface area (Å²) >= 11 is 0. The number of halogens is 1. The molecule has 2 atom stereocenters. The van der Waals surface area contributed by atoms with Gasteiger partial charge < -0.3 is 5.73 Å². The second-order valence-corrected chi connectivity index (χ2v) is 5.58. The highest BCUT2D eigenvalue weighted by atomic mass is 35.5. The first kappa shape index (κ1) is 14.2. The molecule has 0 bridgehead atoms. The van der Waals surface area contributed by atoms with Gasteiger partial charge in [-0.05, 0) is 12.8 Å². The van der Waals surface area contributed by atoms with Crippen LogP contribution in [0.25, 0.3) is 0 Å². The summed E-state index contributed by atoms with van der Waals surface area (Å²) in [7, 11) is -3.10. The molecule has 0 saturated heterocycles. The fraction of sp³-hybridized carbons (Fsp3) is 1.00. The fourth-order valence-corrected chi connectivity index (χ4v) is 2.60. The smallest absolute Gasteiger partial charge is 0.209 e. The SMILES string of the molecule is CS(=O)(=O)N[C@@H]1CCCCC[C@H]1N.Cl. The van der Waals surface area contributed by atoms with Crippen LogP contribution in [0.2, 0.25) is 0 Å². The Kier molecular flexibility index (Phi) is 5.97. The van der Waals surface area contributed by atoms with Gasteiger partial charge in [0.1, 0.15) is 0 Å². The van der Waals surface area contributed by atoms with Crippen LogP contribution in [0, 0.1) is 0 Å². The summed E-state index contributed by atoms with van der Waals surface area (Å²) in [6, 6.07) is -0.0743. The highest BCUT2D eigenvalue weighted by Crippen LogP contribution is 2.16. The van der Waals surface area contributed by atoms with Gasteiger partial charge in [-0.2, -0.15) is 0 Å². The van der Waals surface area contributed by atoms with Crippen molar-refractivity contribution in [2.45, 2.75) is 44.2 Å². The lowest BCUT2D eigenvalue weighted by Gasteiger charge is -2.21. The van der Waals surface area contributed by atoms with Crippen LogP contribution in [-0.4, -0.2) is 26.8 Å². The minimum Gasteiger partial charge on any atom is -0.326 e. The van der Waals surface area contributed by atoms with Crippen LogP contribution in [0.3, 0.4) is 0 Å². The van der Waals surface area contributed by atoms with Crippen molar-refractivity contribution in [2.24, 2.45) is 5.73 Å². The standard InChI is InChI=1S/C8H18N2O2S.ClH/c1-13(11,12)10-8-6-4-2-3-5-7(8)9;/h7-8,10H,2-6,9H2,1H3;1H/t7-,8-;/m1./s1. The van der Waals surface area contributed by atoms with Gasteiger partial charge in [0.25, 0.3) is 0 Å². The summed E-state index contributed by atoms with van der Waals surface area (Å²) in [6.45, 7) is 0. The molecule has 0 amide bonds. The Balaban J connectivity index is 0.00000169. The highest BCUT2D eigenvalue weighted by Gasteiger charge is 2.22. The van der Waals surface area contributed by atoms with E-state index in [4.69, 9.17) is 5.73 Å². The van der Waals surface area contributed by atoms with Gasteiger partial charge in [0.05, 0.1) is 6.26 Å². The van der Waals surface area contributed by atoms with Crippen LogP contribution in [0.1, 0.15) is 32.1 Å². The Morgan fingerprint density at radius 1 is 1.21 bits per heavy atom. The molecule has 0 unspecified atom stereocenters. The summed E-state index contributed by atoms with van der Waals surface area (Å²) < 4.78 is 24.6. The minimum atomic E-state index is -3.10. The van der Waals surface area contributed by atoms with Gasteiger partial charge in [-0.3, -0.25) is 0 Å². The largest absolute Gasteiger partial charge is 0.326 e. The Hall–Kier alpha value is 0.160. The monoisotopic (exact) mass is 242 g/mol. The van der Waals surface area contributed by atoms with E-state index in [9.17, 15) is 8.42 Å². The van der Waals surface area contributed by atoms with E-state index in [1.54, 1.807) is 0 Å². The molecule has 1 rings (SSSR count). The Morgan fingerprint density at radius 3 is 2.36 bits per heavy atom. The van der Waals surface area contributed by atoms with E-state index in [2.05, 4.69) is 4.72 Å². The van der Waals surface area contributed by atoms with Crippen LogP contribution in [0.15, 0.2) is 0 Å². The molecule has 0 radical (unpaired) electrons. The maximum Gasteiger partial charge on any atom is 0.209 e. The zero-order valence-electron chi connectivity index (χ0n) is 8.40. The summed E-state index contributed by atoms with van der Waals surface area (Å²) in [4.78, 5) is 0. The second kappa shape index (κ2) is 5.90. The molecule has 4 nitrogen and oxygen atoms in total. The third kappa shape index (κ3) is 5.14. The fourth-order valence-electron chi connectivity index (χ4n) is 1.76. The molecule has 0 aromatic rings. The van der Waals surface area contributed by atoms with Crippen molar-refractivity contribution < 1.29 is 8.42 Å². The Bertz CT molecular complexity index is 256. The quantitative estimate of drug-likeness (QED) is 0.698. The molecule has 1 fully saturated rings. The van der Waals surface area contributed by atoms with Gasteiger partial charge in [-0.1, -0.05) is 19.3 Å². The van der Waals surface area contributed by atoms with Gasteiger partial charge in [0.2, 0.25) is 10.0 Å². The molecule has 0 aromatic carbocycles. The zero-order chi connectivity index (χ0) is 9.90. The van der Waals surface area contributed by atoms with Crippen LogP contribution in [0.5, 0.6) is 0 Å². The molecule has 86 valence electrons. The minimum absolute atomic E-state index is 0. The average molecular weight is 243 g/mol. The number of nitrogens with one attached hydrogen (secondary N) is 1. The number of nitrogens with two attached hydrogens (primary N) is 1. The van der Waals surface area contributed by atoms with Crippen molar-refractivity contribution in [3.05, 3.63) is 0 Å². The molecule has 6 heteroatoms. The molecule has 14 heavy (non-hydrogen) atoms. The maximum absolute atomic E-state index is 11.0. The molecule has 1 aliphatic rings. The van der Waals surface area contributed by atoms with Crippen LogP contribution in [0.4, 0.5) is 0 Å². The third-order valence-corrected chi connectivity index (χ3v) is 3.17. The lowest BCUT2D eigenvalue weighted by molar-refractivity contribution is 0.458. The van der Waals surface area contributed by atoms with E-state index in [0.29, 0.717) is 0 Å². The van der Waals surface area contributed by atoms with Crippen molar-refractivity contribution >= 4 is 22.4 Å². The van der Waals surface area contributed by atoms with Crippen molar-refractivity contribution in [1.82, 2.24) is 4.72 Å². The Morgan fingerprint density at radius 2 is 1.79 bits per heavy atom. The van der Waals surface area contributed by atoms with Gasteiger partial charge in [-0.25, -0.2) is 13.1 Å². The molecule has 3 N–H and O–H groups in total. The van der Waals surface area contributed by atoms with Gasteiger partial charge in [-0.15, -0.1) is 12.4 Å². The third-order valence-electron chi connectivity index (χ3n) is 2.43. The number of rotatable bonds is 2. The van der Waals surface area contributed by atoms with Crippen LogP contribution >= 0.6 is 12.4 Å². The van der Waals surface area contributed by atoms with E-state index in [1.807, 2.05) is 0 Å². The lowest BCUT2D eigenvalue weighted by atomic mass is 10.1. The highest BCUT2D eigenvalue weighted by molar-refractivity contribution is 7.88. The average Bonchev–Trinajstić information content (AvgIpc) is 2.14. The molecular weight excluding hydrogens is 224 g/mol. The van der Waals surface area contributed by atoms with Crippen molar-refractivity contribution in [3.63, 3.8) is 0 Å². The predicted octanol–water partition coefficient (Wildman–Crippen LogP) is 0.617. The number of hydrogen-bond donors (Lipinski definition) is 2. The van der Waals surface area contributed by atoms with Crippen LogP contribution < -0.4 is 10.5 Å². The lowest BCUT2D eigenvalue weighted by Crippen LogP contribution is -2.46. The van der Waals surface area contributed by atoms with E-state index in [1.165, 1.54) is 6.26 Å². The van der Waals surface area contributed by atoms with Crippen molar-refractivity contribution in [2.75, 3.05) is 6.26 Å². The van der Waals surface area contributed by atoms with E-state index < -0.39 is 10.0 Å². The molecular formula is C8H19ClN2O2S. The van der Waals surface area contributed by atoms with Crippen molar-refractivity contribution in [1.29, 1.82) is 0 Å². The van der Waals surface area contributed by atoms with Gasteiger partial charge in [0, 0.05) is 12.1 Å². The molecule has 1 saturated carbocycles. The summed E-state index contributed by atoms with van der Waals surface area (Å²) in [5.41, 5.74) is 5.86. The molecule has 0 aromatic heterocycles. The first-order chi connectivity index (χ1) is 5.99. The van der Waals surface area contributed by atoms with E-state index in [-0.39, 0.29) is 24.5 Å². The van der Waals surface area contributed by atoms with E-state index in [0.717, 1.165) is 32.1 Å². The number of sulfonamides is 1. The maximum atomic E-state index is 11.0.